The highest BCUT2D eigenvalue weighted by Crippen LogP contribution is 2.27. The molecule has 21 heavy (non-hydrogen) atoms. The third-order valence-electron chi connectivity index (χ3n) is 2.80. The zero-order chi connectivity index (χ0) is 16.2. The zero-order valence-corrected chi connectivity index (χ0v) is 12.4. The van der Waals surface area contributed by atoms with Crippen LogP contribution >= 0.6 is 0 Å². The lowest BCUT2D eigenvalue weighted by molar-refractivity contribution is -0.387. The predicted molar refractivity (Wildman–Crippen MR) is 74.5 cm³/mol. The first-order valence-corrected chi connectivity index (χ1v) is 7.61. The van der Waals surface area contributed by atoms with Crippen molar-refractivity contribution in [3.63, 3.8) is 0 Å². The van der Waals surface area contributed by atoms with Crippen molar-refractivity contribution in [1.29, 1.82) is 0 Å². The number of benzene rings is 1. The van der Waals surface area contributed by atoms with E-state index in [-0.39, 0.29) is 18.4 Å². The van der Waals surface area contributed by atoms with Crippen molar-refractivity contribution in [3.8, 4) is 0 Å². The van der Waals surface area contributed by atoms with Crippen LogP contribution in [0.1, 0.15) is 25.3 Å². The first-order valence-electron chi connectivity index (χ1n) is 6.13. The molecule has 0 amide bonds. The molecule has 1 aromatic carbocycles. The van der Waals surface area contributed by atoms with Gasteiger partial charge in [0.25, 0.3) is 5.69 Å². The van der Waals surface area contributed by atoms with Crippen LogP contribution in [0.2, 0.25) is 0 Å². The molecule has 0 saturated carbocycles. The minimum atomic E-state index is -4.10. The van der Waals surface area contributed by atoms with Crippen LogP contribution in [0.4, 0.5) is 5.69 Å². The van der Waals surface area contributed by atoms with E-state index in [1.165, 1.54) is 26.0 Å². The van der Waals surface area contributed by atoms with E-state index >= 15 is 0 Å². The third kappa shape index (κ3) is 4.50. The highest BCUT2D eigenvalue weighted by Gasteiger charge is 2.28. The Morgan fingerprint density at radius 3 is 2.62 bits per heavy atom. The van der Waals surface area contributed by atoms with E-state index in [1.54, 1.807) is 0 Å². The van der Waals surface area contributed by atoms with E-state index in [0.29, 0.717) is 0 Å². The quantitative estimate of drug-likeness (QED) is 0.579. The Labute approximate surface area is 122 Å². The van der Waals surface area contributed by atoms with Crippen molar-refractivity contribution in [3.05, 3.63) is 33.9 Å². The number of nitrogens with zero attached hydrogens (tertiary/aromatic N) is 1. The van der Waals surface area contributed by atoms with E-state index in [9.17, 15) is 23.3 Å². The second-order valence-corrected chi connectivity index (χ2v) is 6.29. The van der Waals surface area contributed by atoms with Gasteiger partial charge in [-0.05, 0) is 25.8 Å². The number of carboxylic acids is 1. The Kier molecular flexibility index (Phi) is 5.39. The Morgan fingerprint density at radius 2 is 2.10 bits per heavy atom. The van der Waals surface area contributed by atoms with Gasteiger partial charge in [0, 0.05) is 18.5 Å². The number of sulfonamides is 1. The number of aryl methyl sites for hydroxylation is 1. The van der Waals surface area contributed by atoms with E-state index in [2.05, 4.69) is 4.72 Å². The monoisotopic (exact) mass is 316 g/mol. The maximum Gasteiger partial charge on any atom is 0.303 e. The molecule has 1 atom stereocenters. The van der Waals surface area contributed by atoms with Gasteiger partial charge in [-0.2, -0.15) is 0 Å². The number of nitro benzene ring substituents is 1. The van der Waals surface area contributed by atoms with Crippen LogP contribution in [0.25, 0.3) is 0 Å². The average molecular weight is 316 g/mol. The number of carboxylic acid groups (broad SMARTS) is 1. The Bertz CT molecular complexity index is 656. The largest absolute Gasteiger partial charge is 0.481 e. The summed E-state index contributed by atoms with van der Waals surface area (Å²) in [6.07, 6.45) is -0.103. The summed E-state index contributed by atoms with van der Waals surface area (Å²) in [5.41, 5.74) is -0.255. The van der Waals surface area contributed by atoms with Crippen molar-refractivity contribution in [2.45, 2.75) is 37.6 Å². The molecule has 1 unspecified atom stereocenters. The maximum atomic E-state index is 12.3. The molecule has 9 heteroatoms. The van der Waals surface area contributed by atoms with Gasteiger partial charge in [-0.3, -0.25) is 14.9 Å². The summed E-state index contributed by atoms with van der Waals surface area (Å²) in [5.74, 6) is -1.04. The van der Waals surface area contributed by atoms with Crippen LogP contribution < -0.4 is 4.72 Å². The van der Waals surface area contributed by atoms with E-state index in [1.807, 2.05) is 0 Å². The van der Waals surface area contributed by atoms with Crippen molar-refractivity contribution in [1.82, 2.24) is 4.72 Å². The van der Waals surface area contributed by atoms with Gasteiger partial charge >= 0.3 is 5.97 Å². The molecule has 1 aromatic rings. The van der Waals surface area contributed by atoms with Crippen molar-refractivity contribution < 1.29 is 23.2 Å². The van der Waals surface area contributed by atoms with Gasteiger partial charge < -0.3 is 5.11 Å². The van der Waals surface area contributed by atoms with Gasteiger partial charge in [0.05, 0.1) is 4.92 Å². The van der Waals surface area contributed by atoms with Crippen LogP contribution in [0.3, 0.4) is 0 Å². The second kappa shape index (κ2) is 6.64. The lowest BCUT2D eigenvalue weighted by Gasteiger charge is -2.14. The van der Waals surface area contributed by atoms with Crippen LogP contribution in [-0.4, -0.2) is 30.5 Å². The fourth-order valence-corrected chi connectivity index (χ4v) is 3.53. The lowest BCUT2D eigenvalue weighted by atomic mass is 10.2. The average Bonchev–Trinajstić information content (AvgIpc) is 2.35. The molecular formula is C12H16N2O6S. The summed E-state index contributed by atoms with van der Waals surface area (Å²) in [7, 11) is -4.10. The molecule has 0 fully saturated rings. The standard InChI is InChI=1S/C12H16N2O6S/c1-8-4-3-5-10(14(17)18)12(8)21(19,20)13-9(2)6-7-11(15)16/h3-5,9,13H,6-7H2,1-2H3,(H,15,16). The van der Waals surface area contributed by atoms with Crippen LogP contribution in [0.5, 0.6) is 0 Å². The summed E-state index contributed by atoms with van der Waals surface area (Å²) in [5, 5.41) is 19.5. The summed E-state index contributed by atoms with van der Waals surface area (Å²) >= 11 is 0. The SMILES string of the molecule is Cc1cccc([N+](=O)[O-])c1S(=O)(=O)NC(C)CCC(=O)O. The van der Waals surface area contributed by atoms with Gasteiger partial charge in [0.2, 0.25) is 10.0 Å². The van der Waals surface area contributed by atoms with E-state index < -0.39 is 37.5 Å². The number of hydrogen-bond acceptors (Lipinski definition) is 5. The Morgan fingerprint density at radius 1 is 1.48 bits per heavy atom. The normalized spacial score (nSPS) is 12.9. The molecule has 0 spiro atoms. The van der Waals surface area contributed by atoms with Gasteiger partial charge in [-0.25, -0.2) is 13.1 Å². The van der Waals surface area contributed by atoms with Gasteiger partial charge in [-0.15, -0.1) is 0 Å². The molecule has 0 heterocycles. The minimum absolute atomic E-state index is 0.0915. The number of aliphatic carboxylic acids is 1. The molecule has 0 radical (unpaired) electrons. The smallest absolute Gasteiger partial charge is 0.303 e. The van der Waals surface area contributed by atoms with Crippen LogP contribution in [-0.2, 0) is 14.8 Å². The number of nitrogens with one attached hydrogen (secondary N) is 1. The van der Waals surface area contributed by atoms with Crippen LogP contribution in [0.15, 0.2) is 23.1 Å². The highest BCUT2D eigenvalue weighted by molar-refractivity contribution is 7.89. The van der Waals surface area contributed by atoms with Gasteiger partial charge in [0.15, 0.2) is 4.90 Å². The Balaban J connectivity index is 3.09. The molecule has 0 bridgehead atoms. The van der Waals surface area contributed by atoms with E-state index in [0.717, 1.165) is 6.07 Å². The fourth-order valence-electron chi connectivity index (χ4n) is 1.85. The first kappa shape index (κ1) is 17.1. The molecule has 0 aromatic heterocycles. The number of carbonyl (C=O) groups is 1. The number of rotatable bonds is 7. The van der Waals surface area contributed by atoms with Crippen molar-refractivity contribution >= 4 is 21.7 Å². The number of hydrogen-bond donors (Lipinski definition) is 2. The third-order valence-corrected chi connectivity index (χ3v) is 4.59. The topological polar surface area (TPSA) is 127 Å². The molecule has 0 aliphatic carbocycles. The summed E-state index contributed by atoms with van der Waals surface area (Å²) in [6.45, 7) is 2.97. The predicted octanol–water partition coefficient (Wildman–Crippen LogP) is 1.43. The van der Waals surface area contributed by atoms with Crippen molar-refractivity contribution in [2.24, 2.45) is 0 Å². The molecule has 2 N–H and O–H groups in total. The van der Waals surface area contributed by atoms with Gasteiger partial charge in [-0.1, -0.05) is 12.1 Å². The molecular weight excluding hydrogens is 300 g/mol. The molecule has 116 valence electrons. The minimum Gasteiger partial charge on any atom is -0.481 e. The zero-order valence-electron chi connectivity index (χ0n) is 11.6. The van der Waals surface area contributed by atoms with Crippen molar-refractivity contribution in [2.75, 3.05) is 0 Å². The first-order chi connectivity index (χ1) is 9.65. The van der Waals surface area contributed by atoms with Crippen LogP contribution in [0, 0.1) is 17.0 Å². The number of nitro groups is 1. The summed E-state index contributed by atoms with van der Waals surface area (Å²) in [6, 6.07) is 3.33. The second-order valence-electron chi connectivity index (χ2n) is 4.64. The maximum absolute atomic E-state index is 12.3. The molecule has 8 nitrogen and oxygen atoms in total. The molecule has 0 aliphatic heterocycles. The summed E-state index contributed by atoms with van der Waals surface area (Å²) < 4.78 is 26.8. The summed E-state index contributed by atoms with van der Waals surface area (Å²) in [4.78, 5) is 20.3. The lowest BCUT2D eigenvalue weighted by Crippen LogP contribution is -2.33. The molecule has 0 saturated heterocycles. The molecule has 1 rings (SSSR count). The Hall–Kier alpha value is -2.00. The highest BCUT2D eigenvalue weighted by atomic mass is 32.2. The fraction of sp³-hybridized carbons (Fsp3) is 0.417. The molecule has 0 aliphatic rings. The van der Waals surface area contributed by atoms with E-state index in [4.69, 9.17) is 5.11 Å². The van der Waals surface area contributed by atoms with Gasteiger partial charge in [0.1, 0.15) is 0 Å².